The minimum atomic E-state index is -3.98. The topological polar surface area (TPSA) is 71.5 Å². The molecule has 0 heterocycles. The molecule has 4 rings (SSSR count). The third-order valence-electron chi connectivity index (χ3n) is 6.42. The van der Waals surface area contributed by atoms with Crippen molar-refractivity contribution in [1.29, 1.82) is 0 Å². The predicted octanol–water partition coefficient (Wildman–Crippen LogP) is 6.21. The first-order valence-electron chi connectivity index (χ1n) is 12.1. The van der Waals surface area contributed by atoms with E-state index in [0.717, 1.165) is 28.5 Å². The van der Waals surface area contributed by atoms with E-state index in [2.05, 4.69) is 0 Å². The Morgan fingerprint density at radius 1 is 0.711 bits per heavy atom. The maximum atomic E-state index is 14.6. The van der Waals surface area contributed by atoms with Crippen molar-refractivity contribution in [2.75, 3.05) is 6.26 Å². The Bertz CT molecular complexity index is 1670. The first kappa shape index (κ1) is 27.7. The number of halogens is 1. The summed E-state index contributed by atoms with van der Waals surface area (Å²) in [6.07, 6.45) is 1.16. The molecule has 8 heteroatoms. The van der Waals surface area contributed by atoms with E-state index in [1.165, 1.54) is 10.4 Å². The third-order valence-corrected chi connectivity index (χ3v) is 9.62. The van der Waals surface area contributed by atoms with Gasteiger partial charge in [0, 0.05) is 24.9 Å². The maximum absolute atomic E-state index is 14.6. The smallest absolute Gasteiger partial charge is 0.224 e. The van der Waals surface area contributed by atoms with Crippen LogP contribution in [0.15, 0.2) is 94.7 Å². The van der Waals surface area contributed by atoms with Crippen LogP contribution in [0.4, 0.5) is 4.39 Å². The Morgan fingerprint density at radius 2 is 1.34 bits per heavy atom. The van der Waals surface area contributed by atoms with Gasteiger partial charge < -0.3 is 0 Å². The molecule has 0 aliphatic carbocycles. The van der Waals surface area contributed by atoms with E-state index in [-0.39, 0.29) is 28.4 Å². The number of aryl methyl sites for hydroxylation is 3. The summed E-state index contributed by atoms with van der Waals surface area (Å²) in [7, 11) is -7.32. The molecule has 5 nitrogen and oxygen atoms in total. The highest BCUT2D eigenvalue weighted by atomic mass is 32.2. The molecule has 198 valence electrons. The Balaban J connectivity index is 1.71. The van der Waals surface area contributed by atoms with Crippen molar-refractivity contribution < 1.29 is 21.2 Å². The van der Waals surface area contributed by atoms with Gasteiger partial charge in [0.15, 0.2) is 9.84 Å². The van der Waals surface area contributed by atoms with Gasteiger partial charge >= 0.3 is 0 Å². The Morgan fingerprint density at radius 3 is 1.95 bits per heavy atom. The molecular weight excluding hydrogens is 521 g/mol. The fourth-order valence-electron chi connectivity index (χ4n) is 4.66. The molecule has 0 N–H and O–H groups in total. The van der Waals surface area contributed by atoms with E-state index in [9.17, 15) is 21.2 Å². The molecular formula is C30H30FNO4S2. The normalized spacial score (nSPS) is 12.2. The van der Waals surface area contributed by atoms with E-state index >= 15 is 0 Å². The number of sulfone groups is 1. The van der Waals surface area contributed by atoms with Crippen molar-refractivity contribution >= 4 is 19.9 Å². The number of rotatable bonds is 8. The van der Waals surface area contributed by atoms with Gasteiger partial charge in [-0.25, -0.2) is 21.2 Å². The molecule has 0 amide bonds. The summed E-state index contributed by atoms with van der Waals surface area (Å²) in [5.41, 5.74) is 4.79. The molecule has 0 saturated heterocycles. The van der Waals surface area contributed by atoms with Crippen LogP contribution in [0.25, 0.3) is 11.1 Å². The molecule has 0 radical (unpaired) electrons. The molecule has 0 bridgehead atoms. The quantitative estimate of drug-likeness (QED) is 0.261. The fourth-order valence-corrected chi connectivity index (χ4v) is 7.14. The summed E-state index contributed by atoms with van der Waals surface area (Å²) in [6, 6.07) is 23.8. The monoisotopic (exact) mass is 551 g/mol. The summed E-state index contributed by atoms with van der Waals surface area (Å²) < 4.78 is 67.7. The van der Waals surface area contributed by atoms with Crippen LogP contribution < -0.4 is 0 Å². The molecule has 4 aromatic rings. The molecule has 0 unspecified atom stereocenters. The average molecular weight is 552 g/mol. The van der Waals surface area contributed by atoms with Crippen LogP contribution in [0.5, 0.6) is 0 Å². The third kappa shape index (κ3) is 6.04. The highest BCUT2D eigenvalue weighted by Gasteiger charge is 2.29. The Kier molecular flexibility index (Phi) is 7.88. The second-order valence-corrected chi connectivity index (χ2v) is 13.5. The first-order chi connectivity index (χ1) is 17.9. The fraction of sp³-hybridized carbons (Fsp3) is 0.200. The summed E-state index contributed by atoms with van der Waals surface area (Å²) in [5.74, 6) is -0.467. The summed E-state index contributed by atoms with van der Waals surface area (Å²) in [4.78, 5) is 0.457. The van der Waals surface area contributed by atoms with Crippen LogP contribution in [0.2, 0.25) is 0 Å². The highest BCUT2D eigenvalue weighted by molar-refractivity contribution is 7.90. The Labute approximate surface area is 224 Å². The highest BCUT2D eigenvalue weighted by Crippen LogP contribution is 2.29. The molecule has 0 fully saturated rings. The zero-order valence-corrected chi connectivity index (χ0v) is 23.4. The zero-order valence-electron chi connectivity index (χ0n) is 21.8. The van der Waals surface area contributed by atoms with Gasteiger partial charge in [0.25, 0.3) is 0 Å². The lowest BCUT2D eigenvalue weighted by molar-refractivity contribution is 0.393. The van der Waals surface area contributed by atoms with E-state index in [0.29, 0.717) is 11.1 Å². The van der Waals surface area contributed by atoms with Gasteiger partial charge in [-0.2, -0.15) is 4.31 Å². The molecule has 0 aromatic heterocycles. The van der Waals surface area contributed by atoms with Gasteiger partial charge in [0.1, 0.15) is 5.82 Å². The van der Waals surface area contributed by atoms with Crippen LogP contribution in [0.1, 0.15) is 27.8 Å². The molecule has 0 aliphatic heterocycles. The van der Waals surface area contributed by atoms with Crippen LogP contribution >= 0.6 is 0 Å². The van der Waals surface area contributed by atoms with Gasteiger partial charge in [-0.15, -0.1) is 0 Å². The van der Waals surface area contributed by atoms with Crippen LogP contribution in [-0.4, -0.2) is 27.4 Å². The summed E-state index contributed by atoms with van der Waals surface area (Å²) in [5, 5.41) is 0. The lowest BCUT2D eigenvalue weighted by Gasteiger charge is -2.25. The van der Waals surface area contributed by atoms with E-state index in [4.69, 9.17) is 0 Å². The van der Waals surface area contributed by atoms with Crippen LogP contribution in [0.3, 0.4) is 0 Å². The van der Waals surface area contributed by atoms with E-state index < -0.39 is 25.7 Å². The number of sulfonamides is 1. The molecule has 0 saturated carbocycles. The van der Waals surface area contributed by atoms with Crippen molar-refractivity contribution in [2.24, 2.45) is 0 Å². The molecule has 0 spiro atoms. The van der Waals surface area contributed by atoms with Gasteiger partial charge in [-0.05, 0) is 66.8 Å². The minimum Gasteiger partial charge on any atom is -0.224 e. The largest absolute Gasteiger partial charge is 0.244 e. The van der Waals surface area contributed by atoms with Crippen molar-refractivity contribution in [3.63, 3.8) is 0 Å². The summed E-state index contributed by atoms with van der Waals surface area (Å²) in [6.45, 7) is 5.37. The van der Waals surface area contributed by atoms with Crippen molar-refractivity contribution in [3.05, 3.63) is 119 Å². The molecule has 0 aliphatic rings. The second-order valence-electron chi connectivity index (χ2n) is 9.59. The lowest BCUT2D eigenvalue weighted by Crippen LogP contribution is -2.31. The lowest BCUT2D eigenvalue weighted by atomic mass is 10.0. The first-order valence-corrected chi connectivity index (χ1v) is 15.4. The minimum absolute atomic E-state index is 0.0348. The molecule has 0 atom stereocenters. The van der Waals surface area contributed by atoms with E-state index in [1.807, 2.05) is 37.3 Å². The van der Waals surface area contributed by atoms with E-state index in [1.54, 1.807) is 62.4 Å². The van der Waals surface area contributed by atoms with Gasteiger partial charge in [0.2, 0.25) is 10.0 Å². The van der Waals surface area contributed by atoms with Gasteiger partial charge in [-0.1, -0.05) is 72.3 Å². The number of nitrogens with zero attached hydrogens (tertiary/aromatic N) is 1. The van der Waals surface area contributed by atoms with Gasteiger partial charge in [0.05, 0.1) is 9.79 Å². The second kappa shape index (κ2) is 10.8. The predicted molar refractivity (Wildman–Crippen MR) is 148 cm³/mol. The molecule has 4 aromatic carbocycles. The summed E-state index contributed by atoms with van der Waals surface area (Å²) >= 11 is 0. The zero-order chi connectivity index (χ0) is 27.7. The SMILES string of the molecule is Cc1cc(C)c(S(=O)(=O)N(Cc2ccc(-c3cccc(S(C)(=O)=O)c3)cc2)Cc2ccccc2F)c(C)c1. The van der Waals surface area contributed by atoms with Crippen LogP contribution in [-0.2, 0) is 33.0 Å². The maximum Gasteiger partial charge on any atom is 0.244 e. The standard InChI is InChI=1S/C30H30FNO4S2/c1-21-16-22(2)30(23(3)17-21)38(35,36)32(20-27-8-5-6-11-29(27)31)19-24-12-14-25(15-13-24)26-9-7-10-28(18-26)37(4,33)34/h5-18H,19-20H2,1-4H3. The van der Waals surface area contributed by atoms with Crippen molar-refractivity contribution in [3.8, 4) is 11.1 Å². The van der Waals surface area contributed by atoms with Crippen molar-refractivity contribution in [1.82, 2.24) is 4.31 Å². The number of hydrogen-bond donors (Lipinski definition) is 0. The van der Waals surface area contributed by atoms with Crippen LogP contribution in [0, 0.1) is 26.6 Å². The Hall–Kier alpha value is -3.33. The number of hydrogen-bond acceptors (Lipinski definition) is 4. The van der Waals surface area contributed by atoms with Gasteiger partial charge in [-0.3, -0.25) is 0 Å². The van der Waals surface area contributed by atoms with Crippen molar-refractivity contribution in [2.45, 2.75) is 43.7 Å². The number of benzene rings is 4. The molecule has 38 heavy (non-hydrogen) atoms. The average Bonchev–Trinajstić information content (AvgIpc) is 2.84.